The molecule has 1 aromatic carbocycles. The van der Waals surface area contributed by atoms with Crippen molar-refractivity contribution in [1.82, 2.24) is 0 Å². The number of methoxy groups -OCH3 is 2. The highest BCUT2D eigenvalue weighted by molar-refractivity contribution is 6.32. The van der Waals surface area contributed by atoms with Crippen LogP contribution in [0.3, 0.4) is 0 Å². The number of halogens is 12. The van der Waals surface area contributed by atoms with Gasteiger partial charge in [-0.25, -0.2) is 0 Å². The van der Waals surface area contributed by atoms with Crippen LogP contribution in [0.5, 0.6) is 0 Å². The Morgan fingerprint density at radius 3 is 0.966 bits per heavy atom. The van der Waals surface area contributed by atoms with Crippen molar-refractivity contribution in [2.45, 2.75) is 35.9 Å². The van der Waals surface area contributed by atoms with Crippen LogP contribution in [0.4, 0.5) is 52.7 Å². The van der Waals surface area contributed by atoms with Crippen molar-refractivity contribution >= 4 is 13.3 Å². The van der Waals surface area contributed by atoms with Crippen LogP contribution >= 0.6 is 0 Å². The summed E-state index contributed by atoms with van der Waals surface area (Å²) in [5.41, 5.74) is -16.1. The van der Waals surface area contributed by atoms with Gasteiger partial charge in [-0.3, -0.25) is 0 Å². The quantitative estimate of drug-likeness (QED) is 0.502. The fraction of sp³-hybridized carbons (Fsp3) is 0.571. The van der Waals surface area contributed by atoms with Crippen LogP contribution in [0.1, 0.15) is 11.1 Å². The molecule has 0 N–H and O–H groups in total. The molecule has 0 bridgehead atoms. The molecule has 0 fully saturated rings. The van der Waals surface area contributed by atoms with Crippen LogP contribution < -0.4 is 5.46 Å². The molecule has 0 aliphatic carbocycles. The van der Waals surface area contributed by atoms with Gasteiger partial charge < -0.3 is 22.8 Å². The third-order valence-corrected chi connectivity index (χ3v) is 3.98. The molecule has 0 aliphatic heterocycles. The molecule has 165 valence electrons. The van der Waals surface area contributed by atoms with E-state index in [1.165, 1.54) is 0 Å². The summed E-state index contributed by atoms with van der Waals surface area (Å²) in [5.74, 6) is 0. The molecule has 2 nitrogen and oxygen atoms in total. The lowest BCUT2D eigenvalue weighted by Crippen LogP contribution is -2.57. The van der Waals surface area contributed by atoms with Gasteiger partial charge in [0.2, 0.25) is 0 Å². The van der Waals surface area contributed by atoms with E-state index in [1.807, 2.05) is 0 Å². The Kier molecular flexibility index (Phi) is 6.35. The molecule has 3 radical (unpaired) electrons. The van der Waals surface area contributed by atoms with Crippen molar-refractivity contribution in [3.63, 3.8) is 0 Å². The second-order valence-electron chi connectivity index (χ2n) is 5.61. The van der Waals surface area contributed by atoms with Crippen molar-refractivity contribution in [3.05, 3.63) is 29.3 Å². The van der Waals surface area contributed by atoms with E-state index in [-0.39, 0.29) is 26.4 Å². The molecule has 0 unspecified atom stereocenters. The second-order valence-corrected chi connectivity index (χ2v) is 5.61. The topological polar surface area (TPSA) is 18.5 Å². The maximum absolute atomic E-state index is 13.3. The largest absolute Gasteiger partial charge is 0.580 e. The van der Waals surface area contributed by atoms with Crippen molar-refractivity contribution in [2.24, 2.45) is 0 Å². The predicted octanol–water partition coefficient (Wildman–Crippen LogP) is 4.41. The Morgan fingerprint density at radius 1 is 0.552 bits per heavy atom. The van der Waals surface area contributed by atoms with Crippen molar-refractivity contribution < 1.29 is 62.2 Å². The molecule has 0 aromatic heterocycles. The lowest BCUT2D eigenvalue weighted by atomic mass is 9.80. The molecule has 0 saturated heterocycles. The lowest BCUT2D eigenvalue weighted by molar-refractivity contribution is -0.385. The Morgan fingerprint density at radius 2 is 0.793 bits per heavy atom. The molecule has 29 heavy (non-hydrogen) atoms. The van der Waals surface area contributed by atoms with Crippen LogP contribution in [0.15, 0.2) is 18.2 Å². The van der Waals surface area contributed by atoms with Gasteiger partial charge >= 0.3 is 24.7 Å². The summed E-state index contributed by atoms with van der Waals surface area (Å²) >= 11 is 0. The normalized spacial score (nSPS) is 15.0. The van der Waals surface area contributed by atoms with Crippen LogP contribution in [-0.2, 0) is 20.7 Å². The molecule has 0 aliphatic rings. The maximum atomic E-state index is 13.3. The summed E-state index contributed by atoms with van der Waals surface area (Å²) in [6.07, 6.45) is -25.3. The molecule has 0 spiro atoms. The van der Waals surface area contributed by atoms with E-state index < -0.39 is 58.6 Å². The van der Waals surface area contributed by atoms with Crippen LogP contribution in [-0.4, -0.2) is 46.8 Å². The first-order valence-electron chi connectivity index (χ1n) is 7.01. The van der Waals surface area contributed by atoms with Gasteiger partial charge in [0.1, 0.15) is 0 Å². The van der Waals surface area contributed by atoms with Gasteiger partial charge in [0, 0.05) is 14.2 Å². The highest BCUT2D eigenvalue weighted by Crippen LogP contribution is 2.55. The van der Waals surface area contributed by atoms with Gasteiger partial charge in [0.25, 0.3) is 11.2 Å². The van der Waals surface area contributed by atoms with Gasteiger partial charge in [0.05, 0.1) is 0 Å². The summed E-state index contributed by atoms with van der Waals surface area (Å²) < 4.78 is 167. The van der Waals surface area contributed by atoms with E-state index in [2.05, 4.69) is 9.47 Å². The SMILES string of the molecule is [B-]c1cc(C(OC)(C(F)(F)F)C(F)(F)F)cc(C(OC)(C(F)(F)F)C(F)(F)F)c1. The number of benzene rings is 1. The minimum atomic E-state index is -6.34. The highest BCUT2D eigenvalue weighted by atomic mass is 19.4. The van der Waals surface area contributed by atoms with E-state index in [0.717, 1.165) is 0 Å². The predicted molar refractivity (Wildman–Crippen MR) is 73.4 cm³/mol. The maximum Gasteiger partial charge on any atom is 0.430 e. The van der Waals surface area contributed by atoms with Crippen molar-refractivity contribution in [1.29, 1.82) is 0 Å². The van der Waals surface area contributed by atoms with Crippen molar-refractivity contribution in [3.8, 4) is 0 Å². The third kappa shape index (κ3) is 3.78. The van der Waals surface area contributed by atoms with Crippen LogP contribution in [0.25, 0.3) is 0 Å². The molecule has 0 saturated carbocycles. The van der Waals surface area contributed by atoms with E-state index in [9.17, 15) is 52.7 Å². The number of hydrogen-bond donors (Lipinski definition) is 0. The van der Waals surface area contributed by atoms with E-state index in [4.69, 9.17) is 7.85 Å². The van der Waals surface area contributed by atoms with E-state index >= 15 is 0 Å². The Balaban J connectivity index is 4.10. The Labute approximate surface area is 156 Å². The zero-order chi connectivity index (χ0) is 23.3. The third-order valence-electron chi connectivity index (χ3n) is 3.98. The van der Waals surface area contributed by atoms with Gasteiger partial charge in [-0.15, -0.1) is 0 Å². The molecule has 0 amide bonds. The molecule has 15 heteroatoms. The summed E-state index contributed by atoms with van der Waals surface area (Å²) in [4.78, 5) is 0. The summed E-state index contributed by atoms with van der Waals surface area (Å²) in [5, 5.41) is 0. The number of alkyl halides is 12. The first-order valence-corrected chi connectivity index (χ1v) is 7.01. The van der Waals surface area contributed by atoms with Gasteiger partial charge in [0.15, 0.2) is 0 Å². The first kappa shape index (κ1) is 25.4. The Hall–Kier alpha value is -1.64. The van der Waals surface area contributed by atoms with Crippen LogP contribution in [0, 0.1) is 0 Å². The average Bonchev–Trinajstić information content (AvgIpc) is 2.42. The number of rotatable bonds is 4. The zero-order valence-corrected chi connectivity index (χ0v) is 14.2. The van der Waals surface area contributed by atoms with Crippen LogP contribution in [0.2, 0.25) is 0 Å². The molecular formula is C14H9BF12O2-. The fourth-order valence-electron chi connectivity index (χ4n) is 2.73. The second kappa shape index (κ2) is 7.25. The standard InChI is InChI=1S/C14H9BF12O2/c1-28-9(11(16,17)18,12(19,20)21)6-3-7(5-8(15)4-6)10(29-2,13(22,23)24)14(25,26)27/h3-5H,1-2H3/q-1. The minimum Gasteiger partial charge on any atom is -0.580 e. The Bertz CT molecular complexity index is 646. The zero-order valence-electron chi connectivity index (χ0n) is 14.2. The first-order chi connectivity index (χ1) is 12.7. The summed E-state index contributed by atoms with van der Waals surface area (Å²) in [6, 6.07) is -0.798. The lowest BCUT2D eigenvalue weighted by Gasteiger charge is -2.40. The smallest absolute Gasteiger partial charge is 0.430 e. The summed E-state index contributed by atoms with van der Waals surface area (Å²) in [7, 11) is 4.92. The minimum absolute atomic E-state index is 0.0685. The molecule has 0 atom stereocenters. The highest BCUT2D eigenvalue weighted by Gasteiger charge is 2.75. The molecule has 0 heterocycles. The van der Waals surface area contributed by atoms with Crippen molar-refractivity contribution in [2.75, 3.05) is 14.2 Å². The fourth-order valence-corrected chi connectivity index (χ4v) is 2.73. The van der Waals surface area contributed by atoms with Gasteiger partial charge in [-0.05, 0) is 17.2 Å². The molecule has 1 rings (SSSR count). The molecule has 1 aromatic rings. The monoisotopic (exact) mass is 448 g/mol. The van der Waals surface area contributed by atoms with E-state index in [0.29, 0.717) is 0 Å². The summed E-state index contributed by atoms with van der Waals surface area (Å²) in [6.45, 7) is 0. The van der Waals surface area contributed by atoms with Gasteiger partial charge in [-0.2, -0.15) is 52.7 Å². The molecular weight excluding hydrogens is 439 g/mol. The number of ether oxygens (including phenoxy) is 2. The van der Waals surface area contributed by atoms with Gasteiger partial charge in [-0.1, -0.05) is 12.1 Å². The van der Waals surface area contributed by atoms with E-state index in [1.54, 1.807) is 0 Å². The average molecular weight is 448 g/mol. The number of hydrogen-bond acceptors (Lipinski definition) is 2.